The second kappa shape index (κ2) is 5.49. The Balaban J connectivity index is 1.49. The lowest BCUT2D eigenvalue weighted by Crippen LogP contribution is -2.35. The van der Waals surface area contributed by atoms with Crippen LogP contribution in [0, 0.1) is 0 Å². The highest BCUT2D eigenvalue weighted by Gasteiger charge is 2.25. The summed E-state index contributed by atoms with van der Waals surface area (Å²) in [6.45, 7) is 1.38. The molecule has 2 N–H and O–H groups in total. The molecule has 0 radical (unpaired) electrons. The number of nitrogens with one attached hydrogen (secondary N) is 2. The third kappa shape index (κ3) is 2.38. The third-order valence-electron chi connectivity index (χ3n) is 4.98. The van der Waals surface area contributed by atoms with E-state index in [9.17, 15) is 4.79 Å². The van der Waals surface area contributed by atoms with E-state index >= 15 is 0 Å². The summed E-state index contributed by atoms with van der Waals surface area (Å²) in [5.41, 5.74) is 5.27. The van der Waals surface area contributed by atoms with E-state index in [2.05, 4.69) is 38.0 Å². The van der Waals surface area contributed by atoms with Crippen LogP contribution in [-0.4, -0.2) is 27.3 Å². The molecule has 0 saturated carbocycles. The molecule has 0 spiro atoms. The fourth-order valence-corrected chi connectivity index (χ4v) is 4.09. The van der Waals surface area contributed by atoms with Crippen molar-refractivity contribution in [3.8, 4) is 0 Å². The average molecular weight is 394 g/mol. The van der Waals surface area contributed by atoms with Crippen LogP contribution in [0.1, 0.15) is 21.7 Å². The van der Waals surface area contributed by atoms with E-state index in [1.165, 1.54) is 16.6 Å². The molecule has 0 unspecified atom stereocenters. The Morgan fingerprint density at radius 2 is 1.92 bits per heavy atom. The molecule has 4 nitrogen and oxygen atoms in total. The minimum atomic E-state index is 0.0586. The first-order chi connectivity index (χ1) is 12.2. The monoisotopic (exact) mass is 393 g/mol. The number of hydrogen-bond acceptors (Lipinski definition) is 1. The molecule has 1 aliphatic rings. The summed E-state index contributed by atoms with van der Waals surface area (Å²) < 4.78 is 1.00. The number of H-pyrrole nitrogens is 2. The number of amides is 1. The number of aromatic nitrogens is 2. The van der Waals surface area contributed by atoms with Crippen molar-refractivity contribution in [3.05, 3.63) is 70.0 Å². The zero-order valence-corrected chi connectivity index (χ0v) is 15.1. The Bertz CT molecular complexity index is 1120. The standard InChI is InChI=1S/C20H16BrN3O/c21-13-6-5-12-9-19(23-18(12)10-13)20(25)24-8-7-17-15(11-24)14-3-1-2-4-16(14)22-17/h1-6,9-10,22-23H,7-8,11H2. The fraction of sp³-hybridized carbons (Fsp3) is 0.150. The van der Waals surface area contributed by atoms with Gasteiger partial charge in [-0.05, 0) is 24.3 Å². The maximum Gasteiger partial charge on any atom is 0.270 e. The fourth-order valence-electron chi connectivity index (χ4n) is 3.72. The summed E-state index contributed by atoms with van der Waals surface area (Å²) >= 11 is 3.47. The summed E-state index contributed by atoms with van der Waals surface area (Å²) in [5, 5.41) is 2.27. The molecule has 1 aliphatic heterocycles. The highest BCUT2D eigenvalue weighted by Crippen LogP contribution is 2.29. The zero-order valence-electron chi connectivity index (χ0n) is 13.5. The normalized spacial score (nSPS) is 14.2. The molecule has 4 aromatic rings. The second-order valence-electron chi connectivity index (χ2n) is 6.52. The van der Waals surface area contributed by atoms with E-state index in [0.29, 0.717) is 12.2 Å². The summed E-state index contributed by atoms with van der Waals surface area (Å²) in [6, 6.07) is 16.2. The lowest BCUT2D eigenvalue weighted by atomic mass is 10.0. The van der Waals surface area contributed by atoms with Gasteiger partial charge in [0.25, 0.3) is 5.91 Å². The number of halogens is 1. The minimum absolute atomic E-state index is 0.0586. The van der Waals surface area contributed by atoms with Gasteiger partial charge in [-0.25, -0.2) is 0 Å². The van der Waals surface area contributed by atoms with E-state index in [1.54, 1.807) is 0 Å². The third-order valence-corrected chi connectivity index (χ3v) is 5.48. The van der Waals surface area contributed by atoms with Gasteiger partial charge in [-0.1, -0.05) is 40.2 Å². The van der Waals surface area contributed by atoms with Gasteiger partial charge < -0.3 is 14.9 Å². The van der Waals surface area contributed by atoms with Gasteiger partial charge >= 0.3 is 0 Å². The average Bonchev–Trinajstić information content (AvgIpc) is 3.21. The summed E-state index contributed by atoms with van der Waals surface area (Å²) in [6.07, 6.45) is 0.863. The number of benzene rings is 2. The van der Waals surface area contributed by atoms with Crippen LogP contribution in [0.15, 0.2) is 53.0 Å². The van der Waals surface area contributed by atoms with Gasteiger partial charge in [-0.2, -0.15) is 0 Å². The van der Waals surface area contributed by atoms with Gasteiger partial charge in [-0.3, -0.25) is 4.79 Å². The van der Waals surface area contributed by atoms with Crippen molar-refractivity contribution in [1.29, 1.82) is 0 Å². The first-order valence-electron chi connectivity index (χ1n) is 8.35. The van der Waals surface area contributed by atoms with E-state index in [1.807, 2.05) is 41.3 Å². The maximum atomic E-state index is 13.0. The zero-order chi connectivity index (χ0) is 17.0. The molecule has 0 saturated heterocycles. The van der Waals surface area contributed by atoms with E-state index in [-0.39, 0.29) is 5.91 Å². The topological polar surface area (TPSA) is 51.9 Å². The SMILES string of the molecule is O=C(c1cc2ccc(Br)cc2[nH]1)N1CCc2[nH]c3ccccc3c2C1. The number of hydrogen-bond donors (Lipinski definition) is 2. The Hall–Kier alpha value is -2.53. The number of para-hydroxylation sites is 1. The summed E-state index contributed by atoms with van der Waals surface area (Å²) in [5.74, 6) is 0.0586. The first-order valence-corrected chi connectivity index (χ1v) is 9.14. The Morgan fingerprint density at radius 3 is 2.84 bits per heavy atom. The van der Waals surface area contributed by atoms with Crippen LogP contribution in [0.4, 0.5) is 0 Å². The quantitative estimate of drug-likeness (QED) is 0.487. The van der Waals surface area contributed by atoms with Crippen LogP contribution in [0.3, 0.4) is 0 Å². The molecular weight excluding hydrogens is 378 g/mol. The van der Waals surface area contributed by atoms with Crippen molar-refractivity contribution in [1.82, 2.24) is 14.9 Å². The molecule has 2 aromatic heterocycles. The molecular formula is C20H16BrN3O. The van der Waals surface area contributed by atoms with Crippen molar-refractivity contribution in [2.75, 3.05) is 6.54 Å². The molecule has 0 fully saturated rings. The van der Waals surface area contributed by atoms with Gasteiger partial charge in [0.2, 0.25) is 0 Å². The van der Waals surface area contributed by atoms with Gasteiger partial charge in [-0.15, -0.1) is 0 Å². The largest absolute Gasteiger partial charge is 0.358 e. The van der Waals surface area contributed by atoms with Crippen molar-refractivity contribution >= 4 is 43.6 Å². The molecule has 2 aromatic carbocycles. The van der Waals surface area contributed by atoms with Gasteiger partial charge in [0.15, 0.2) is 0 Å². The lowest BCUT2D eigenvalue weighted by Gasteiger charge is -2.26. The number of rotatable bonds is 1. The van der Waals surface area contributed by atoms with Crippen molar-refractivity contribution in [2.45, 2.75) is 13.0 Å². The molecule has 5 heteroatoms. The maximum absolute atomic E-state index is 13.0. The molecule has 25 heavy (non-hydrogen) atoms. The van der Waals surface area contributed by atoms with Crippen LogP contribution in [-0.2, 0) is 13.0 Å². The van der Waals surface area contributed by atoms with Gasteiger partial charge in [0.1, 0.15) is 5.69 Å². The minimum Gasteiger partial charge on any atom is -0.358 e. The van der Waals surface area contributed by atoms with Crippen LogP contribution < -0.4 is 0 Å². The number of nitrogens with zero attached hydrogens (tertiary/aromatic N) is 1. The predicted molar refractivity (Wildman–Crippen MR) is 103 cm³/mol. The molecule has 0 atom stereocenters. The Morgan fingerprint density at radius 1 is 1.04 bits per heavy atom. The van der Waals surface area contributed by atoms with Crippen molar-refractivity contribution in [3.63, 3.8) is 0 Å². The summed E-state index contributed by atoms with van der Waals surface area (Å²) in [7, 11) is 0. The predicted octanol–water partition coefficient (Wildman–Crippen LogP) is 4.61. The van der Waals surface area contributed by atoms with Gasteiger partial charge in [0, 0.05) is 57.0 Å². The molecule has 5 rings (SSSR count). The molecule has 124 valence electrons. The van der Waals surface area contributed by atoms with Crippen LogP contribution in [0.5, 0.6) is 0 Å². The second-order valence-corrected chi connectivity index (χ2v) is 7.43. The lowest BCUT2D eigenvalue weighted by molar-refractivity contribution is 0.0730. The first kappa shape index (κ1) is 14.8. The van der Waals surface area contributed by atoms with E-state index < -0.39 is 0 Å². The van der Waals surface area contributed by atoms with Crippen molar-refractivity contribution in [2.24, 2.45) is 0 Å². The van der Waals surface area contributed by atoms with Crippen LogP contribution in [0.25, 0.3) is 21.8 Å². The highest BCUT2D eigenvalue weighted by molar-refractivity contribution is 9.10. The molecule has 3 heterocycles. The number of fused-ring (bicyclic) bond motifs is 4. The number of aromatic amines is 2. The molecule has 0 bridgehead atoms. The molecule has 1 amide bonds. The van der Waals surface area contributed by atoms with E-state index in [0.717, 1.165) is 33.9 Å². The number of carbonyl (C=O) groups is 1. The number of carbonyl (C=O) groups excluding carboxylic acids is 1. The van der Waals surface area contributed by atoms with E-state index in [4.69, 9.17) is 0 Å². The van der Waals surface area contributed by atoms with Crippen LogP contribution in [0.2, 0.25) is 0 Å². The van der Waals surface area contributed by atoms with Crippen LogP contribution >= 0.6 is 15.9 Å². The Kier molecular flexibility index (Phi) is 3.25. The highest BCUT2D eigenvalue weighted by atomic mass is 79.9. The Labute approximate surface area is 153 Å². The molecule has 0 aliphatic carbocycles. The van der Waals surface area contributed by atoms with Gasteiger partial charge in [0.05, 0.1) is 0 Å². The van der Waals surface area contributed by atoms with Crippen molar-refractivity contribution < 1.29 is 4.79 Å². The summed E-state index contributed by atoms with van der Waals surface area (Å²) in [4.78, 5) is 21.7. The smallest absolute Gasteiger partial charge is 0.270 e.